The van der Waals surface area contributed by atoms with E-state index in [-0.39, 0.29) is 17.4 Å². The van der Waals surface area contributed by atoms with Crippen molar-refractivity contribution in [3.05, 3.63) is 30.3 Å². The maximum absolute atomic E-state index is 12.4. The van der Waals surface area contributed by atoms with E-state index in [9.17, 15) is 18.5 Å². The van der Waals surface area contributed by atoms with Gasteiger partial charge in [-0.3, -0.25) is 4.79 Å². The van der Waals surface area contributed by atoms with Crippen molar-refractivity contribution >= 4 is 15.9 Å². The van der Waals surface area contributed by atoms with Crippen molar-refractivity contribution in [3.63, 3.8) is 0 Å². The summed E-state index contributed by atoms with van der Waals surface area (Å²) >= 11 is 0. The fraction of sp³-hybridized carbons (Fsp3) is 0.500. The Morgan fingerprint density at radius 1 is 1.35 bits per heavy atom. The SMILES string of the molecule is CC(C)C[C@@](C)(C#N)NC(=O)CN(C)S(=O)(=O)c1ccccc1. The van der Waals surface area contributed by atoms with Crippen LogP contribution >= 0.6 is 0 Å². The van der Waals surface area contributed by atoms with Crippen LogP contribution in [0, 0.1) is 17.2 Å². The molecule has 0 heterocycles. The molecule has 0 saturated heterocycles. The molecule has 6 nitrogen and oxygen atoms in total. The quantitative estimate of drug-likeness (QED) is 0.821. The van der Waals surface area contributed by atoms with Gasteiger partial charge in [-0.1, -0.05) is 32.0 Å². The normalized spacial score (nSPS) is 14.3. The zero-order valence-electron chi connectivity index (χ0n) is 13.9. The number of likely N-dealkylation sites (N-methyl/N-ethyl adjacent to an activating group) is 1. The van der Waals surface area contributed by atoms with Gasteiger partial charge >= 0.3 is 0 Å². The van der Waals surface area contributed by atoms with Gasteiger partial charge in [0.1, 0.15) is 5.54 Å². The number of nitrogens with one attached hydrogen (secondary N) is 1. The van der Waals surface area contributed by atoms with Crippen LogP contribution in [-0.2, 0) is 14.8 Å². The average molecular weight is 337 g/mol. The third-order valence-corrected chi connectivity index (χ3v) is 5.11. The number of rotatable bonds is 7. The molecular formula is C16H23N3O3S. The van der Waals surface area contributed by atoms with E-state index in [4.69, 9.17) is 0 Å². The van der Waals surface area contributed by atoms with Crippen molar-refractivity contribution in [1.29, 1.82) is 5.26 Å². The number of nitrogens with zero attached hydrogens (tertiary/aromatic N) is 2. The highest BCUT2D eigenvalue weighted by molar-refractivity contribution is 7.89. The van der Waals surface area contributed by atoms with Crippen molar-refractivity contribution in [1.82, 2.24) is 9.62 Å². The number of benzene rings is 1. The van der Waals surface area contributed by atoms with E-state index in [2.05, 4.69) is 11.4 Å². The van der Waals surface area contributed by atoms with Crippen LogP contribution in [0.25, 0.3) is 0 Å². The van der Waals surface area contributed by atoms with Crippen LogP contribution in [0.15, 0.2) is 35.2 Å². The first kappa shape index (κ1) is 19.1. The molecule has 1 aromatic carbocycles. The molecule has 0 bridgehead atoms. The Morgan fingerprint density at radius 3 is 2.39 bits per heavy atom. The Morgan fingerprint density at radius 2 is 1.91 bits per heavy atom. The Balaban J connectivity index is 2.79. The molecular weight excluding hydrogens is 314 g/mol. The maximum Gasteiger partial charge on any atom is 0.243 e. The van der Waals surface area contributed by atoms with E-state index < -0.39 is 21.5 Å². The second-order valence-electron chi connectivity index (χ2n) is 6.16. The predicted molar refractivity (Wildman–Crippen MR) is 87.9 cm³/mol. The minimum Gasteiger partial charge on any atom is -0.337 e. The van der Waals surface area contributed by atoms with E-state index in [1.165, 1.54) is 19.2 Å². The summed E-state index contributed by atoms with van der Waals surface area (Å²) in [6.07, 6.45) is 0.490. The summed E-state index contributed by atoms with van der Waals surface area (Å²) in [5.74, 6) is -0.276. The molecule has 0 fully saturated rings. The summed E-state index contributed by atoms with van der Waals surface area (Å²) in [4.78, 5) is 12.2. The molecule has 23 heavy (non-hydrogen) atoms. The number of hydrogen-bond donors (Lipinski definition) is 1. The standard InChI is InChI=1S/C16H23N3O3S/c1-13(2)10-16(3,12-17)18-15(20)11-19(4)23(21,22)14-8-6-5-7-9-14/h5-9,13H,10-11H2,1-4H3,(H,18,20)/t16-/m0/s1. The Labute approximate surface area is 138 Å². The zero-order valence-corrected chi connectivity index (χ0v) is 14.7. The lowest BCUT2D eigenvalue weighted by molar-refractivity contribution is -0.122. The summed E-state index contributed by atoms with van der Waals surface area (Å²) in [7, 11) is -2.39. The molecule has 1 rings (SSSR count). The van der Waals surface area contributed by atoms with Crippen LogP contribution < -0.4 is 5.32 Å². The van der Waals surface area contributed by atoms with Gasteiger partial charge in [-0.05, 0) is 31.4 Å². The molecule has 0 aliphatic rings. The molecule has 0 saturated carbocycles. The van der Waals surface area contributed by atoms with Crippen LogP contribution in [0.5, 0.6) is 0 Å². The van der Waals surface area contributed by atoms with Crippen LogP contribution in [0.2, 0.25) is 0 Å². The number of carbonyl (C=O) groups is 1. The monoisotopic (exact) mass is 337 g/mol. The molecule has 1 amide bonds. The minimum atomic E-state index is -3.73. The second kappa shape index (κ2) is 7.57. The lowest BCUT2D eigenvalue weighted by Crippen LogP contribution is -2.49. The van der Waals surface area contributed by atoms with Gasteiger partial charge in [0.25, 0.3) is 0 Å². The van der Waals surface area contributed by atoms with Gasteiger partial charge in [0.05, 0.1) is 17.5 Å². The number of sulfonamides is 1. The third kappa shape index (κ3) is 5.34. The van der Waals surface area contributed by atoms with Gasteiger partial charge in [0.2, 0.25) is 15.9 Å². The van der Waals surface area contributed by atoms with Gasteiger partial charge in [0.15, 0.2) is 0 Å². The van der Waals surface area contributed by atoms with Crippen LogP contribution in [0.3, 0.4) is 0 Å². The molecule has 0 spiro atoms. The number of nitriles is 1. The third-order valence-electron chi connectivity index (χ3n) is 3.30. The van der Waals surface area contributed by atoms with E-state index in [1.54, 1.807) is 25.1 Å². The van der Waals surface area contributed by atoms with Gasteiger partial charge in [-0.2, -0.15) is 9.57 Å². The molecule has 1 aromatic rings. The molecule has 0 aliphatic carbocycles. The molecule has 1 N–H and O–H groups in total. The number of amides is 1. The highest BCUT2D eigenvalue weighted by atomic mass is 32.2. The Kier molecular flexibility index (Phi) is 6.30. The predicted octanol–water partition coefficient (Wildman–Crippen LogP) is 1.75. The van der Waals surface area contributed by atoms with Crippen LogP contribution in [0.4, 0.5) is 0 Å². The summed E-state index contributed by atoms with van der Waals surface area (Å²) in [5.41, 5.74) is -1.01. The first-order chi connectivity index (χ1) is 10.6. The van der Waals surface area contributed by atoms with Crippen LogP contribution in [0.1, 0.15) is 27.2 Å². The molecule has 7 heteroatoms. The van der Waals surface area contributed by atoms with E-state index >= 15 is 0 Å². The van der Waals surface area contributed by atoms with Gasteiger partial charge in [-0.15, -0.1) is 0 Å². The molecule has 1 atom stereocenters. The first-order valence-corrected chi connectivity index (χ1v) is 8.78. The van der Waals surface area contributed by atoms with Crippen molar-refractivity contribution in [2.24, 2.45) is 5.92 Å². The summed E-state index contributed by atoms with van der Waals surface area (Å²) in [6.45, 7) is 5.20. The smallest absolute Gasteiger partial charge is 0.243 e. The van der Waals surface area contributed by atoms with E-state index in [1.807, 2.05) is 13.8 Å². The van der Waals surface area contributed by atoms with Gasteiger partial charge in [0, 0.05) is 7.05 Å². The summed E-state index contributed by atoms with van der Waals surface area (Å²) in [6, 6.07) is 9.99. The fourth-order valence-electron chi connectivity index (χ4n) is 2.35. The lowest BCUT2D eigenvalue weighted by Gasteiger charge is -2.26. The minimum absolute atomic E-state index is 0.125. The maximum atomic E-state index is 12.4. The first-order valence-electron chi connectivity index (χ1n) is 7.34. The van der Waals surface area contributed by atoms with Gasteiger partial charge in [-0.25, -0.2) is 8.42 Å². The highest BCUT2D eigenvalue weighted by Gasteiger charge is 2.29. The fourth-order valence-corrected chi connectivity index (χ4v) is 3.50. The Hall–Kier alpha value is -1.91. The molecule has 0 aromatic heterocycles. The average Bonchev–Trinajstić information content (AvgIpc) is 2.46. The van der Waals surface area contributed by atoms with Crippen molar-refractivity contribution in [3.8, 4) is 6.07 Å². The summed E-state index contributed by atoms with van der Waals surface area (Å²) in [5, 5.41) is 11.9. The van der Waals surface area contributed by atoms with Gasteiger partial charge < -0.3 is 5.32 Å². The van der Waals surface area contributed by atoms with E-state index in [0.29, 0.717) is 6.42 Å². The zero-order chi connectivity index (χ0) is 17.7. The molecule has 0 radical (unpaired) electrons. The highest BCUT2D eigenvalue weighted by Crippen LogP contribution is 2.16. The second-order valence-corrected chi connectivity index (χ2v) is 8.21. The topological polar surface area (TPSA) is 90.3 Å². The molecule has 126 valence electrons. The lowest BCUT2D eigenvalue weighted by atomic mass is 9.92. The van der Waals surface area contributed by atoms with Crippen molar-refractivity contribution in [2.75, 3.05) is 13.6 Å². The number of hydrogen-bond acceptors (Lipinski definition) is 4. The van der Waals surface area contributed by atoms with E-state index in [0.717, 1.165) is 4.31 Å². The molecule has 0 unspecified atom stereocenters. The van der Waals surface area contributed by atoms with Crippen LogP contribution in [-0.4, -0.2) is 37.8 Å². The van der Waals surface area contributed by atoms with Crippen molar-refractivity contribution < 1.29 is 13.2 Å². The largest absolute Gasteiger partial charge is 0.337 e. The molecule has 0 aliphatic heterocycles. The number of carbonyl (C=O) groups excluding carboxylic acids is 1. The van der Waals surface area contributed by atoms with Crippen molar-refractivity contribution in [2.45, 2.75) is 37.6 Å². The Bertz CT molecular complexity index is 680. The summed E-state index contributed by atoms with van der Waals surface area (Å²) < 4.78 is 25.7.